The van der Waals surface area contributed by atoms with Crippen molar-refractivity contribution in [3.05, 3.63) is 13.8 Å². The third-order valence-electron chi connectivity index (χ3n) is 9.30. The minimum absolute atomic E-state index is 0.0887. The molecule has 0 aromatic heterocycles. The predicted octanol–water partition coefficient (Wildman–Crippen LogP) is 13.1. The summed E-state index contributed by atoms with van der Waals surface area (Å²) in [6.45, 7) is 19.5. The summed E-state index contributed by atoms with van der Waals surface area (Å²) >= 11 is 0. The van der Waals surface area contributed by atoms with Gasteiger partial charge in [0, 0.05) is 26.4 Å². The number of hydrogen-bond donors (Lipinski definition) is 0. The van der Waals surface area contributed by atoms with Crippen molar-refractivity contribution in [2.45, 2.75) is 207 Å². The molecule has 2 radical (unpaired) electrons. The summed E-state index contributed by atoms with van der Waals surface area (Å²) < 4.78 is 0. The number of rotatable bonds is 35. The van der Waals surface area contributed by atoms with Gasteiger partial charge in [-0.15, -0.1) is 0 Å². The van der Waals surface area contributed by atoms with Gasteiger partial charge < -0.3 is 9.80 Å². The molecule has 0 heterocycles. The van der Waals surface area contributed by atoms with Crippen molar-refractivity contribution in [2.75, 3.05) is 40.3 Å². The lowest BCUT2D eigenvalue weighted by Gasteiger charge is -2.24. The molecular formula is C42H86N2O. The Hall–Kier alpha value is -0.410. The zero-order valence-electron chi connectivity index (χ0n) is 32.1. The Kier molecular flexibility index (Phi) is 41.3. The average Bonchev–Trinajstić information content (AvgIpc) is 3.01. The van der Waals surface area contributed by atoms with E-state index in [1.54, 1.807) is 0 Å². The van der Waals surface area contributed by atoms with Crippen LogP contribution < -0.4 is 0 Å². The normalized spacial score (nSPS) is 11.5. The largest absolute Gasteiger partial charge is 0.308 e. The Balaban J connectivity index is 0. The van der Waals surface area contributed by atoms with E-state index < -0.39 is 0 Å². The molecule has 3 nitrogen and oxygen atoms in total. The van der Waals surface area contributed by atoms with Crippen molar-refractivity contribution in [1.82, 2.24) is 9.80 Å². The number of carbonyl (C=O) groups is 1. The fraction of sp³-hybridized carbons (Fsp3) is 0.929. The molecule has 0 spiro atoms. The Morgan fingerprint density at radius 1 is 0.467 bits per heavy atom. The summed E-state index contributed by atoms with van der Waals surface area (Å²) in [5, 5.41) is 0. The second-order valence-electron chi connectivity index (χ2n) is 14.5. The molecule has 0 aromatic rings. The average molecular weight is 635 g/mol. The molecule has 0 atom stereocenters. The molecular weight excluding hydrogens is 548 g/mol. The Morgan fingerprint density at radius 2 is 0.800 bits per heavy atom. The van der Waals surface area contributed by atoms with E-state index in [0.717, 1.165) is 18.9 Å². The summed E-state index contributed by atoms with van der Waals surface area (Å²) in [5.41, 5.74) is 0. The van der Waals surface area contributed by atoms with Crippen molar-refractivity contribution in [3.63, 3.8) is 0 Å². The lowest BCUT2D eigenvalue weighted by Crippen LogP contribution is -2.33. The monoisotopic (exact) mass is 635 g/mol. The van der Waals surface area contributed by atoms with Gasteiger partial charge in [0.25, 0.3) is 0 Å². The number of unbranched alkanes of at least 4 members (excludes halogenated alkanes) is 22. The Labute approximate surface area is 286 Å². The van der Waals surface area contributed by atoms with Gasteiger partial charge in [0.15, 0.2) is 0 Å². The molecule has 0 aromatic carbocycles. The molecule has 270 valence electrons. The van der Waals surface area contributed by atoms with Gasteiger partial charge in [0.1, 0.15) is 5.78 Å². The van der Waals surface area contributed by atoms with Gasteiger partial charge in [0.05, 0.1) is 0 Å². The van der Waals surface area contributed by atoms with Crippen LogP contribution in [0.1, 0.15) is 207 Å². The maximum Gasteiger partial charge on any atom is 0.133 e. The van der Waals surface area contributed by atoms with Gasteiger partial charge in [-0.05, 0) is 52.4 Å². The minimum atomic E-state index is 0.0887. The first-order valence-electron chi connectivity index (χ1n) is 20.4. The molecule has 0 saturated carbocycles. The van der Waals surface area contributed by atoms with Crippen LogP contribution in [0.3, 0.4) is 0 Å². The van der Waals surface area contributed by atoms with E-state index >= 15 is 0 Å². The molecule has 0 fully saturated rings. The number of ketones is 1. The van der Waals surface area contributed by atoms with E-state index in [2.05, 4.69) is 58.5 Å². The van der Waals surface area contributed by atoms with Gasteiger partial charge in [-0.1, -0.05) is 188 Å². The zero-order valence-corrected chi connectivity index (χ0v) is 32.1. The standard InChI is InChI=1S/C24H49N2O.C18H37/c1-5-6-7-8-9-10-11-14-17-20-26(23-22-25(3)4)21-18-15-12-13-16-19-24(2)27;1-4-6-8-10-12-14-16-18(3)17-15-13-11-9-7-5-2/h2,5-23H2,1,3-4H3;18H,3-17H2,1-2H3. The van der Waals surface area contributed by atoms with Crippen LogP contribution in [0, 0.1) is 19.8 Å². The van der Waals surface area contributed by atoms with Crippen molar-refractivity contribution in [1.29, 1.82) is 0 Å². The fourth-order valence-corrected chi connectivity index (χ4v) is 6.08. The number of nitrogens with zero attached hydrogens (tertiary/aromatic N) is 2. The first-order valence-corrected chi connectivity index (χ1v) is 20.4. The highest BCUT2D eigenvalue weighted by molar-refractivity contribution is 5.82. The molecule has 0 saturated heterocycles. The Morgan fingerprint density at radius 3 is 1.16 bits per heavy atom. The molecule has 45 heavy (non-hydrogen) atoms. The third kappa shape index (κ3) is 43.6. The summed E-state index contributed by atoms with van der Waals surface area (Å²) in [4.78, 5) is 15.8. The van der Waals surface area contributed by atoms with Crippen LogP contribution >= 0.6 is 0 Å². The number of Topliss-reactive ketones (excluding diaryl/α,β-unsaturated/α-hetero) is 1. The Bertz CT molecular complexity index is 533. The summed E-state index contributed by atoms with van der Waals surface area (Å²) in [7, 11) is 4.33. The van der Waals surface area contributed by atoms with Crippen LogP contribution in [0.2, 0.25) is 0 Å². The fourth-order valence-electron chi connectivity index (χ4n) is 6.08. The lowest BCUT2D eigenvalue weighted by molar-refractivity contribution is -0.114. The van der Waals surface area contributed by atoms with E-state index in [4.69, 9.17) is 0 Å². The molecule has 3 heteroatoms. The molecule has 0 aliphatic heterocycles. The van der Waals surface area contributed by atoms with Gasteiger partial charge in [-0.3, -0.25) is 4.79 Å². The molecule has 0 amide bonds. The van der Waals surface area contributed by atoms with Gasteiger partial charge in [0.2, 0.25) is 0 Å². The molecule has 0 aliphatic carbocycles. The highest BCUT2D eigenvalue weighted by Gasteiger charge is 2.06. The van der Waals surface area contributed by atoms with Gasteiger partial charge in [-0.25, -0.2) is 0 Å². The summed E-state index contributed by atoms with van der Waals surface area (Å²) in [6, 6.07) is 0. The van der Waals surface area contributed by atoms with Crippen molar-refractivity contribution in [2.24, 2.45) is 5.92 Å². The molecule has 0 rings (SSSR count). The van der Waals surface area contributed by atoms with E-state index in [9.17, 15) is 4.79 Å². The molecule has 0 aliphatic rings. The van der Waals surface area contributed by atoms with Crippen molar-refractivity contribution < 1.29 is 4.79 Å². The predicted molar refractivity (Wildman–Crippen MR) is 205 cm³/mol. The summed E-state index contributed by atoms with van der Waals surface area (Å²) in [5.74, 6) is 0.813. The van der Waals surface area contributed by atoms with E-state index in [1.807, 2.05) is 0 Å². The maximum atomic E-state index is 10.9. The van der Waals surface area contributed by atoms with Gasteiger partial charge in [-0.2, -0.15) is 0 Å². The molecule has 0 N–H and O–H groups in total. The topological polar surface area (TPSA) is 23.6 Å². The zero-order chi connectivity index (χ0) is 33.6. The second-order valence-corrected chi connectivity index (χ2v) is 14.5. The van der Waals surface area contributed by atoms with E-state index in [-0.39, 0.29) is 5.78 Å². The first-order chi connectivity index (χ1) is 21.9. The van der Waals surface area contributed by atoms with E-state index in [0.29, 0.717) is 6.42 Å². The quantitative estimate of drug-likeness (QED) is 0.0648. The van der Waals surface area contributed by atoms with Crippen LogP contribution in [0.15, 0.2) is 0 Å². The van der Waals surface area contributed by atoms with Crippen LogP contribution in [0.4, 0.5) is 0 Å². The number of carbonyl (C=O) groups excluding carboxylic acids is 1. The number of hydrogen-bond acceptors (Lipinski definition) is 3. The number of likely N-dealkylation sites (N-methyl/N-ethyl adjacent to an activating group) is 1. The highest BCUT2D eigenvalue weighted by Crippen LogP contribution is 2.18. The van der Waals surface area contributed by atoms with Crippen LogP contribution in [0.25, 0.3) is 0 Å². The smallest absolute Gasteiger partial charge is 0.133 e. The van der Waals surface area contributed by atoms with Crippen LogP contribution in [0.5, 0.6) is 0 Å². The molecule has 0 bridgehead atoms. The maximum absolute atomic E-state index is 10.9. The van der Waals surface area contributed by atoms with Gasteiger partial charge >= 0.3 is 0 Å². The van der Waals surface area contributed by atoms with Crippen molar-refractivity contribution in [3.8, 4) is 0 Å². The summed E-state index contributed by atoms with van der Waals surface area (Å²) in [6.07, 6.45) is 39.1. The first kappa shape index (κ1) is 46.7. The highest BCUT2D eigenvalue weighted by atomic mass is 16.1. The third-order valence-corrected chi connectivity index (χ3v) is 9.30. The minimum Gasteiger partial charge on any atom is -0.308 e. The second kappa shape index (κ2) is 39.8. The SMILES string of the molecule is [CH2]C(=O)CCCCCCCN(CCCCCCCCCCC)CCN(C)C.[CH2]C(CCCCCCCC)CCCCCCCC. The van der Waals surface area contributed by atoms with Crippen LogP contribution in [-0.4, -0.2) is 55.9 Å². The van der Waals surface area contributed by atoms with Crippen molar-refractivity contribution >= 4 is 5.78 Å². The van der Waals surface area contributed by atoms with E-state index in [1.165, 1.54) is 193 Å². The lowest BCUT2D eigenvalue weighted by atomic mass is 9.96. The van der Waals surface area contributed by atoms with Crippen LogP contribution in [-0.2, 0) is 4.79 Å². The molecule has 0 unspecified atom stereocenters.